The number of likely N-dealkylation sites (tertiary alicyclic amines) is 1. The number of alkyl halides is 1. The minimum atomic E-state index is -0.696. The molecule has 16 heavy (non-hydrogen) atoms. The molecule has 1 saturated heterocycles. The molecule has 2 atom stereocenters. The molecule has 0 amide bonds. The fourth-order valence-corrected chi connectivity index (χ4v) is 2.29. The summed E-state index contributed by atoms with van der Waals surface area (Å²) in [5.41, 5.74) is 0. The zero-order chi connectivity index (χ0) is 11.5. The molecule has 0 unspecified atom stereocenters. The van der Waals surface area contributed by atoms with E-state index in [4.69, 9.17) is 0 Å². The average molecular weight is 226 g/mol. The fourth-order valence-electron chi connectivity index (χ4n) is 2.29. The van der Waals surface area contributed by atoms with Crippen LogP contribution in [0.3, 0.4) is 0 Å². The molecule has 0 aliphatic carbocycles. The third kappa shape index (κ3) is 2.41. The lowest BCUT2D eigenvalue weighted by molar-refractivity contribution is 0.225. The largest absolute Gasteiger partial charge is 0.337 e. The van der Waals surface area contributed by atoms with Gasteiger partial charge in [-0.2, -0.15) is 0 Å². The van der Waals surface area contributed by atoms with E-state index >= 15 is 0 Å². The normalized spacial score (nSPS) is 26.4. The molecule has 0 radical (unpaired) electrons. The molecule has 0 saturated carbocycles. The molecular weight excluding hydrogens is 207 g/mol. The molecule has 1 aromatic heterocycles. The van der Waals surface area contributed by atoms with Crippen molar-refractivity contribution in [3.05, 3.63) is 18.2 Å². The fraction of sp³-hybridized carbons (Fsp3) is 0.727. The number of hydrogen-bond donors (Lipinski definition) is 1. The monoisotopic (exact) mass is 226 g/mol. The Balaban J connectivity index is 2.00. The Morgan fingerprint density at radius 1 is 1.62 bits per heavy atom. The lowest BCUT2D eigenvalue weighted by Crippen LogP contribution is -2.36. The summed E-state index contributed by atoms with van der Waals surface area (Å²) < 4.78 is 15.4. The third-order valence-electron chi connectivity index (χ3n) is 3.18. The second-order valence-electron chi connectivity index (χ2n) is 4.43. The SMILES string of the molecule is CNC[C@@H]1C[C@H](F)CN1Cc1nccn1C. The van der Waals surface area contributed by atoms with Crippen LogP contribution in [0.5, 0.6) is 0 Å². The summed E-state index contributed by atoms with van der Waals surface area (Å²) in [4.78, 5) is 6.45. The molecule has 2 heterocycles. The van der Waals surface area contributed by atoms with Gasteiger partial charge in [0.05, 0.1) is 6.54 Å². The second-order valence-corrected chi connectivity index (χ2v) is 4.43. The van der Waals surface area contributed by atoms with E-state index in [-0.39, 0.29) is 6.04 Å². The van der Waals surface area contributed by atoms with E-state index < -0.39 is 6.17 Å². The molecule has 0 spiro atoms. The molecule has 0 bridgehead atoms. The van der Waals surface area contributed by atoms with E-state index in [0.29, 0.717) is 13.0 Å². The van der Waals surface area contributed by atoms with Gasteiger partial charge in [0, 0.05) is 38.6 Å². The van der Waals surface area contributed by atoms with Crippen LogP contribution >= 0.6 is 0 Å². The number of aryl methyl sites for hydroxylation is 1. The third-order valence-corrected chi connectivity index (χ3v) is 3.18. The molecule has 1 aliphatic rings. The average Bonchev–Trinajstić information content (AvgIpc) is 2.77. The van der Waals surface area contributed by atoms with Gasteiger partial charge in [0.25, 0.3) is 0 Å². The smallest absolute Gasteiger partial charge is 0.122 e. The summed E-state index contributed by atoms with van der Waals surface area (Å²) in [6.45, 7) is 2.10. The van der Waals surface area contributed by atoms with Gasteiger partial charge in [-0.1, -0.05) is 0 Å². The first kappa shape index (κ1) is 11.5. The molecule has 5 heteroatoms. The van der Waals surface area contributed by atoms with Gasteiger partial charge in [-0.25, -0.2) is 9.37 Å². The summed E-state index contributed by atoms with van der Waals surface area (Å²) in [5, 5.41) is 3.12. The van der Waals surface area contributed by atoms with E-state index in [1.54, 1.807) is 6.20 Å². The summed E-state index contributed by atoms with van der Waals surface area (Å²) >= 11 is 0. The first-order valence-electron chi connectivity index (χ1n) is 5.69. The molecule has 2 rings (SSSR count). The summed E-state index contributed by atoms with van der Waals surface area (Å²) in [6, 6.07) is 0.289. The summed E-state index contributed by atoms with van der Waals surface area (Å²) in [6.07, 6.45) is 3.64. The molecule has 1 aromatic rings. The van der Waals surface area contributed by atoms with Crippen molar-refractivity contribution >= 4 is 0 Å². The number of nitrogens with zero attached hydrogens (tertiary/aromatic N) is 3. The first-order valence-corrected chi connectivity index (χ1v) is 5.69. The van der Waals surface area contributed by atoms with E-state index in [0.717, 1.165) is 18.9 Å². The van der Waals surface area contributed by atoms with Crippen LogP contribution in [0.4, 0.5) is 4.39 Å². The first-order chi connectivity index (χ1) is 7.70. The maximum Gasteiger partial charge on any atom is 0.122 e. The van der Waals surface area contributed by atoms with Crippen LogP contribution in [0.15, 0.2) is 12.4 Å². The van der Waals surface area contributed by atoms with Gasteiger partial charge in [0.1, 0.15) is 12.0 Å². The molecule has 0 aromatic carbocycles. The van der Waals surface area contributed by atoms with Crippen LogP contribution in [-0.2, 0) is 13.6 Å². The van der Waals surface area contributed by atoms with Crippen LogP contribution in [-0.4, -0.2) is 46.8 Å². The molecule has 1 fully saturated rings. The van der Waals surface area contributed by atoms with Crippen molar-refractivity contribution in [2.45, 2.75) is 25.2 Å². The Labute approximate surface area is 95.5 Å². The standard InChI is InChI=1S/C11H19FN4/c1-13-6-10-5-9(12)7-16(10)8-11-14-3-4-15(11)2/h3-4,9-10,13H,5-8H2,1-2H3/t9-,10-/m0/s1. The maximum absolute atomic E-state index is 13.4. The van der Waals surface area contributed by atoms with Crippen LogP contribution < -0.4 is 5.32 Å². The lowest BCUT2D eigenvalue weighted by Gasteiger charge is -2.23. The maximum atomic E-state index is 13.4. The van der Waals surface area contributed by atoms with Gasteiger partial charge in [-0.15, -0.1) is 0 Å². The Hall–Kier alpha value is -0.940. The molecule has 4 nitrogen and oxygen atoms in total. The van der Waals surface area contributed by atoms with Gasteiger partial charge in [0.2, 0.25) is 0 Å². The highest BCUT2D eigenvalue weighted by atomic mass is 19.1. The summed E-state index contributed by atoms with van der Waals surface area (Å²) in [5.74, 6) is 0.996. The quantitative estimate of drug-likeness (QED) is 0.814. The number of rotatable bonds is 4. The predicted molar refractivity (Wildman–Crippen MR) is 60.8 cm³/mol. The Bertz CT molecular complexity index is 338. The zero-order valence-corrected chi connectivity index (χ0v) is 9.86. The molecule has 1 aliphatic heterocycles. The number of halogens is 1. The van der Waals surface area contributed by atoms with Gasteiger partial charge < -0.3 is 9.88 Å². The minimum absolute atomic E-state index is 0.289. The zero-order valence-electron chi connectivity index (χ0n) is 9.86. The van der Waals surface area contributed by atoms with Gasteiger partial charge in [-0.3, -0.25) is 4.90 Å². The Morgan fingerprint density at radius 3 is 3.06 bits per heavy atom. The molecular formula is C11H19FN4. The van der Waals surface area contributed by atoms with Crippen LogP contribution in [0.2, 0.25) is 0 Å². The van der Waals surface area contributed by atoms with Gasteiger partial charge >= 0.3 is 0 Å². The van der Waals surface area contributed by atoms with Crippen molar-refractivity contribution in [2.75, 3.05) is 20.1 Å². The van der Waals surface area contributed by atoms with Crippen LogP contribution in [0, 0.1) is 0 Å². The van der Waals surface area contributed by atoms with E-state index in [1.807, 2.05) is 24.9 Å². The van der Waals surface area contributed by atoms with Crippen LogP contribution in [0.1, 0.15) is 12.2 Å². The van der Waals surface area contributed by atoms with E-state index in [9.17, 15) is 4.39 Å². The van der Waals surface area contributed by atoms with Crippen molar-refractivity contribution in [3.63, 3.8) is 0 Å². The van der Waals surface area contributed by atoms with E-state index in [2.05, 4.69) is 15.2 Å². The number of nitrogens with one attached hydrogen (secondary N) is 1. The predicted octanol–water partition coefficient (Wildman–Crippen LogP) is 0.552. The molecule has 1 N–H and O–H groups in total. The number of imidazole rings is 1. The van der Waals surface area contributed by atoms with E-state index in [1.165, 1.54) is 0 Å². The number of aromatic nitrogens is 2. The van der Waals surface area contributed by atoms with Crippen LogP contribution in [0.25, 0.3) is 0 Å². The van der Waals surface area contributed by atoms with Crippen molar-refractivity contribution in [1.82, 2.24) is 19.8 Å². The highest BCUT2D eigenvalue weighted by molar-refractivity contribution is 4.95. The highest BCUT2D eigenvalue weighted by Gasteiger charge is 2.31. The Morgan fingerprint density at radius 2 is 2.44 bits per heavy atom. The topological polar surface area (TPSA) is 33.1 Å². The molecule has 90 valence electrons. The highest BCUT2D eigenvalue weighted by Crippen LogP contribution is 2.21. The Kier molecular flexibility index (Phi) is 3.56. The van der Waals surface area contributed by atoms with Gasteiger partial charge in [0.15, 0.2) is 0 Å². The van der Waals surface area contributed by atoms with Gasteiger partial charge in [-0.05, 0) is 13.5 Å². The van der Waals surface area contributed by atoms with Crippen molar-refractivity contribution in [2.24, 2.45) is 7.05 Å². The second kappa shape index (κ2) is 4.93. The van der Waals surface area contributed by atoms with Crippen molar-refractivity contribution in [1.29, 1.82) is 0 Å². The van der Waals surface area contributed by atoms with Crippen molar-refractivity contribution in [3.8, 4) is 0 Å². The minimum Gasteiger partial charge on any atom is -0.337 e. The lowest BCUT2D eigenvalue weighted by atomic mass is 10.2. The number of hydrogen-bond acceptors (Lipinski definition) is 3. The van der Waals surface area contributed by atoms with Crippen molar-refractivity contribution < 1.29 is 4.39 Å². The number of likely N-dealkylation sites (N-methyl/N-ethyl adjacent to an activating group) is 1. The summed E-state index contributed by atoms with van der Waals surface area (Å²) in [7, 11) is 3.88.